The molecule has 0 aliphatic heterocycles. The number of aliphatic carboxylic acids is 3. The predicted molar refractivity (Wildman–Crippen MR) is 128 cm³/mol. The summed E-state index contributed by atoms with van der Waals surface area (Å²) >= 11 is 0. The number of carboxylic acids is 3. The minimum absolute atomic E-state index is 0.131. The maximum absolute atomic E-state index is 13.1. The number of carboxylic acid groups (broad SMARTS) is 3. The molecule has 0 saturated heterocycles. The van der Waals surface area contributed by atoms with Gasteiger partial charge in [0.1, 0.15) is 18.1 Å². The lowest BCUT2D eigenvalue weighted by Crippen LogP contribution is -2.58. The summed E-state index contributed by atoms with van der Waals surface area (Å²) in [5, 5.41) is 33.8. The van der Waals surface area contributed by atoms with Crippen molar-refractivity contribution in [1.29, 1.82) is 0 Å². The Bertz CT molecular complexity index is 1140. The molecule has 2 aromatic rings. The SMILES string of the molecule is NC(Cc1ccccc1)C(=O)NC(Cc1cnc[nH]1)C(=O)NC(CC(=O)O)C(=O)NC(CC(=O)O)C(=O)O. The number of hydrogen-bond acceptors (Lipinski definition) is 8. The van der Waals surface area contributed by atoms with Gasteiger partial charge in [0.15, 0.2) is 0 Å². The van der Waals surface area contributed by atoms with Gasteiger partial charge in [-0.2, -0.15) is 0 Å². The third-order valence-corrected chi connectivity index (χ3v) is 5.25. The average Bonchev–Trinajstić information content (AvgIpc) is 3.35. The number of imidazole rings is 1. The summed E-state index contributed by atoms with van der Waals surface area (Å²) in [6, 6.07) is 2.85. The quantitative estimate of drug-likeness (QED) is 0.125. The molecule has 0 saturated carbocycles. The van der Waals surface area contributed by atoms with Crippen molar-refractivity contribution in [3.63, 3.8) is 0 Å². The van der Waals surface area contributed by atoms with Crippen molar-refractivity contribution < 1.29 is 44.1 Å². The zero-order chi connectivity index (χ0) is 28.2. The van der Waals surface area contributed by atoms with Crippen LogP contribution >= 0.6 is 0 Å². The number of rotatable bonds is 15. The largest absolute Gasteiger partial charge is 0.481 e. The molecule has 2 rings (SSSR count). The first kappa shape index (κ1) is 29.4. The van der Waals surface area contributed by atoms with Crippen molar-refractivity contribution in [3.05, 3.63) is 54.1 Å². The van der Waals surface area contributed by atoms with Crippen LogP contribution in [0.1, 0.15) is 24.1 Å². The molecule has 1 aromatic heterocycles. The van der Waals surface area contributed by atoms with E-state index >= 15 is 0 Å². The van der Waals surface area contributed by atoms with Gasteiger partial charge in [-0.25, -0.2) is 9.78 Å². The molecule has 1 aromatic carbocycles. The van der Waals surface area contributed by atoms with Crippen LogP contribution in [0.2, 0.25) is 0 Å². The number of amides is 3. The van der Waals surface area contributed by atoms with E-state index < -0.39 is 72.6 Å². The minimum atomic E-state index is -1.87. The molecule has 0 spiro atoms. The van der Waals surface area contributed by atoms with Gasteiger partial charge in [-0.1, -0.05) is 30.3 Å². The Morgan fingerprint density at radius 3 is 1.89 bits per heavy atom. The first-order valence-electron chi connectivity index (χ1n) is 11.3. The summed E-state index contributed by atoms with van der Waals surface area (Å²) in [6.07, 6.45) is 0.828. The Morgan fingerprint density at radius 2 is 1.34 bits per heavy atom. The maximum Gasteiger partial charge on any atom is 0.326 e. The highest BCUT2D eigenvalue weighted by Gasteiger charge is 2.32. The molecule has 0 fully saturated rings. The lowest BCUT2D eigenvalue weighted by Gasteiger charge is -2.24. The van der Waals surface area contributed by atoms with Crippen LogP contribution in [0.25, 0.3) is 0 Å². The van der Waals surface area contributed by atoms with Gasteiger partial charge in [0.2, 0.25) is 17.7 Å². The first-order chi connectivity index (χ1) is 18.0. The molecule has 0 bridgehead atoms. The summed E-state index contributed by atoms with van der Waals surface area (Å²) < 4.78 is 0. The summed E-state index contributed by atoms with van der Waals surface area (Å²) in [5.74, 6) is -7.59. The smallest absolute Gasteiger partial charge is 0.326 e. The molecule has 0 radical (unpaired) electrons. The Labute approximate surface area is 215 Å². The van der Waals surface area contributed by atoms with E-state index in [-0.39, 0.29) is 12.8 Å². The molecule has 15 nitrogen and oxygen atoms in total. The van der Waals surface area contributed by atoms with Gasteiger partial charge in [-0.15, -0.1) is 0 Å². The third kappa shape index (κ3) is 9.69. The molecule has 204 valence electrons. The lowest BCUT2D eigenvalue weighted by atomic mass is 10.0. The normalized spacial score (nSPS) is 13.8. The van der Waals surface area contributed by atoms with E-state index in [9.17, 15) is 33.9 Å². The van der Waals surface area contributed by atoms with Crippen molar-refractivity contribution >= 4 is 35.6 Å². The van der Waals surface area contributed by atoms with Crippen molar-refractivity contribution in [1.82, 2.24) is 25.9 Å². The number of carbonyl (C=O) groups excluding carboxylic acids is 3. The van der Waals surface area contributed by atoms with Gasteiger partial charge in [0.05, 0.1) is 25.2 Å². The highest BCUT2D eigenvalue weighted by molar-refractivity contribution is 5.96. The third-order valence-electron chi connectivity index (χ3n) is 5.25. The van der Waals surface area contributed by atoms with Crippen LogP contribution < -0.4 is 21.7 Å². The first-order valence-corrected chi connectivity index (χ1v) is 11.3. The number of aromatic amines is 1. The highest BCUT2D eigenvalue weighted by Crippen LogP contribution is 2.06. The number of hydrogen-bond donors (Lipinski definition) is 8. The van der Waals surface area contributed by atoms with Gasteiger partial charge in [0.25, 0.3) is 0 Å². The second-order valence-electron chi connectivity index (χ2n) is 8.29. The Balaban J connectivity index is 2.18. The molecule has 4 atom stereocenters. The fourth-order valence-corrected chi connectivity index (χ4v) is 3.37. The fraction of sp³-hybridized carbons (Fsp3) is 0.348. The molecular weight excluding hydrogens is 504 g/mol. The summed E-state index contributed by atoms with van der Waals surface area (Å²) in [5.41, 5.74) is 7.20. The molecule has 15 heteroatoms. The number of aromatic nitrogens is 2. The number of nitrogens with one attached hydrogen (secondary N) is 4. The standard InChI is InChI=1S/C23H28N6O9/c24-14(6-12-4-2-1-3-5-12)20(34)27-15(7-13-10-25-11-26-13)21(35)28-16(8-18(30)31)22(36)29-17(23(37)38)9-19(32)33/h1-5,10-11,14-17H,6-9,24H2,(H,25,26)(H,27,34)(H,28,35)(H,29,36)(H,30,31)(H,32,33)(H,37,38). The second kappa shape index (κ2) is 14.1. The van der Waals surface area contributed by atoms with Crippen LogP contribution in [0.15, 0.2) is 42.9 Å². The zero-order valence-corrected chi connectivity index (χ0v) is 20.0. The van der Waals surface area contributed by atoms with Crippen molar-refractivity contribution in [3.8, 4) is 0 Å². The topological polar surface area (TPSA) is 254 Å². The minimum Gasteiger partial charge on any atom is -0.481 e. The van der Waals surface area contributed by atoms with Gasteiger partial charge >= 0.3 is 17.9 Å². The van der Waals surface area contributed by atoms with Gasteiger partial charge < -0.3 is 42.0 Å². The molecule has 0 aliphatic rings. The van der Waals surface area contributed by atoms with E-state index in [1.807, 2.05) is 5.32 Å². The van der Waals surface area contributed by atoms with E-state index in [1.165, 1.54) is 12.5 Å². The van der Waals surface area contributed by atoms with E-state index in [0.717, 1.165) is 5.56 Å². The van der Waals surface area contributed by atoms with Gasteiger partial charge in [-0.3, -0.25) is 24.0 Å². The zero-order valence-electron chi connectivity index (χ0n) is 20.0. The summed E-state index contributed by atoms with van der Waals surface area (Å²) in [6.45, 7) is 0. The summed E-state index contributed by atoms with van der Waals surface area (Å²) in [7, 11) is 0. The summed E-state index contributed by atoms with van der Waals surface area (Å²) in [4.78, 5) is 78.6. The van der Waals surface area contributed by atoms with Crippen molar-refractivity contribution in [2.75, 3.05) is 0 Å². The number of carbonyl (C=O) groups is 6. The van der Waals surface area contributed by atoms with E-state index in [2.05, 4.69) is 20.6 Å². The van der Waals surface area contributed by atoms with Crippen LogP contribution in [0.3, 0.4) is 0 Å². The van der Waals surface area contributed by atoms with Crippen LogP contribution in [-0.4, -0.2) is 85.1 Å². The molecule has 3 amide bonds. The van der Waals surface area contributed by atoms with E-state index in [1.54, 1.807) is 30.3 Å². The molecule has 9 N–H and O–H groups in total. The molecule has 4 unspecified atom stereocenters. The van der Waals surface area contributed by atoms with E-state index in [0.29, 0.717) is 5.69 Å². The van der Waals surface area contributed by atoms with Gasteiger partial charge in [0, 0.05) is 18.3 Å². The number of H-pyrrole nitrogens is 1. The number of benzene rings is 1. The van der Waals surface area contributed by atoms with Gasteiger partial charge in [-0.05, 0) is 12.0 Å². The number of nitrogens with zero attached hydrogens (tertiary/aromatic N) is 1. The van der Waals surface area contributed by atoms with Crippen LogP contribution in [0.5, 0.6) is 0 Å². The maximum atomic E-state index is 13.1. The average molecular weight is 533 g/mol. The highest BCUT2D eigenvalue weighted by atomic mass is 16.4. The van der Waals surface area contributed by atoms with Crippen molar-refractivity contribution in [2.45, 2.75) is 49.9 Å². The number of nitrogens with two attached hydrogens (primary N) is 1. The molecule has 1 heterocycles. The lowest BCUT2D eigenvalue weighted by molar-refractivity contribution is -0.148. The predicted octanol–water partition coefficient (Wildman–Crippen LogP) is -1.99. The van der Waals surface area contributed by atoms with Crippen LogP contribution in [0, 0.1) is 0 Å². The van der Waals surface area contributed by atoms with Crippen LogP contribution in [0.4, 0.5) is 0 Å². The monoisotopic (exact) mass is 532 g/mol. The molecule has 0 aliphatic carbocycles. The van der Waals surface area contributed by atoms with E-state index in [4.69, 9.17) is 15.9 Å². The Kier molecular flexibility index (Phi) is 10.9. The van der Waals surface area contributed by atoms with Crippen LogP contribution in [-0.2, 0) is 41.6 Å². The molecular formula is C23H28N6O9. The Hall–Kier alpha value is -4.79. The van der Waals surface area contributed by atoms with Crippen molar-refractivity contribution in [2.24, 2.45) is 5.73 Å². The Morgan fingerprint density at radius 1 is 0.789 bits per heavy atom. The fourth-order valence-electron chi connectivity index (χ4n) is 3.37. The molecule has 38 heavy (non-hydrogen) atoms. The second-order valence-corrected chi connectivity index (χ2v) is 8.29.